The summed E-state index contributed by atoms with van der Waals surface area (Å²) in [6.07, 6.45) is 2.98. The predicted molar refractivity (Wildman–Crippen MR) is 71.7 cm³/mol. The number of amides is 1. The van der Waals surface area contributed by atoms with Gasteiger partial charge in [0.05, 0.1) is 0 Å². The van der Waals surface area contributed by atoms with Crippen LogP contribution in [-0.4, -0.2) is 40.3 Å². The molecule has 0 saturated heterocycles. The Kier molecular flexibility index (Phi) is 9.36. The third-order valence-corrected chi connectivity index (χ3v) is 3.36. The molecule has 0 aliphatic rings. The molecule has 2 N–H and O–H groups in total. The molecule has 0 unspecified atom stereocenters. The second kappa shape index (κ2) is 9.94. The lowest BCUT2D eigenvalue weighted by atomic mass is 10.1. The van der Waals surface area contributed by atoms with Gasteiger partial charge in [0.15, 0.2) is 0 Å². The number of carboxylic acids is 1. The minimum atomic E-state index is -1.05. The Hall–Kier alpha value is -1.04. The minimum Gasteiger partial charge on any atom is -0.480 e. The molecule has 0 aromatic rings. The summed E-state index contributed by atoms with van der Waals surface area (Å²) in [4.78, 5) is 32.9. The average Bonchev–Trinajstić information content (AvgIpc) is 2.29. The molecule has 0 saturated carbocycles. The van der Waals surface area contributed by atoms with E-state index in [2.05, 4.69) is 5.32 Å². The molecule has 0 aromatic heterocycles. The number of ketones is 1. The fourth-order valence-electron chi connectivity index (χ4n) is 1.31. The number of carbonyl (C=O) groups is 3. The van der Waals surface area contributed by atoms with Crippen LogP contribution in [0.5, 0.6) is 0 Å². The number of hydrogen-bond donors (Lipinski definition) is 2. The predicted octanol–water partition coefficient (Wildman–Crippen LogP) is 1.46. The van der Waals surface area contributed by atoms with E-state index in [0.717, 1.165) is 12.8 Å². The largest absolute Gasteiger partial charge is 0.480 e. The van der Waals surface area contributed by atoms with Crippen molar-refractivity contribution in [3.8, 4) is 0 Å². The molecule has 5 nitrogen and oxygen atoms in total. The maximum atomic E-state index is 11.4. The summed E-state index contributed by atoms with van der Waals surface area (Å²) >= 11 is 1.38. The zero-order valence-electron chi connectivity index (χ0n) is 10.9. The number of hydrogen-bond acceptors (Lipinski definition) is 4. The summed E-state index contributed by atoms with van der Waals surface area (Å²) in [5.74, 6) is -0.296. The number of rotatable bonds is 10. The number of thioether (sulfide) groups is 1. The lowest BCUT2D eigenvalue weighted by Gasteiger charge is -2.12. The van der Waals surface area contributed by atoms with E-state index in [1.807, 2.05) is 6.92 Å². The molecule has 1 atom stereocenters. The number of nitrogens with one attached hydrogen (secondary N) is 1. The number of carboxylic acid groups (broad SMARTS) is 1. The summed E-state index contributed by atoms with van der Waals surface area (Å²) < 4.78 is 0. The Morgan fingerprint density at radius 1 is 1.28 bits per heavy atom. The third-order valence-electron chi connectivity index (χ3n) is 2.29. The molecular weight excluding hydrogens is 254 g/mol. The number of aliphatic carboxylic acids is 1. The van der Waals surface area contributed by atoms with Gasteiger partial charge in [-0.2, -0.15) is 11.8 Å². The Labute approximate surface area is 112 Å². The van der Waals surface area contributed by atoms with E-state index in [9.17, 15) is 14.4 Å². The molecule has 0 fully saturated rings. The van der Waals surface area contributed by atoms with Crippen molar-refractivity contribution in [2.75, 3.05) is 11.5 Å². The van der Waals surface area contributed by atoms with Crippen LogP contribution in [0.1, 0.15) is 39.5 Å². The van der Waals surface area contributed by atoms with E-state index in [4.69, 9.17) is 5.11 Å². The highest BCUT2D eigenvalue weighted by atomic mass is 32.2. The molecule has 0 heterocycles. The van der Waals surface area contributed by atoms with Crippen molar-refractivity contribution in [2.45, 2.75) is 45.6 Å². The fourth-order valence-corrected chi connectivity index (χ4v) is 2.31. The van der Waals surface area contributed by atoms with Crippen LogP contribution in [0.4, 0.5) is 0 Å². The van der Waals surface area contributed by atoms with Crippen LogP contribution in [0.15, 0.2) is 0 Å². The second-order valence-electron chi connectivity index (χ2n) is 4.06. The van der Waals surface area contributed by atoms with Crippen molar-refractivity contribution < 1.29 is 19.5 Å². The van der Waals surface area contributed by atoms with Gasteiger partial charge in [-0.05, 0) is 6.42 Å². The van der Waals surface area contributed by atoms with Crippen LogP contribution >= 0.6 is 11.8 Å². The zero-order valence-corrected chi connectivity index (χ0v) is 11.7. The summed E-state index contributed by atoms with van der Waals surface area (Å²) in [7, 11) is 0. The van der Waals surface area contributed by atoms with E-state index in [-0.39, 0.29) is 17.4 Å². The van der Waals surface area contributed by atoms with Gasteiger partial charge in [0.25, 0.3) is 0 Å². The first-order chi connectivity index (χ1) is 8.47. The standard InChI is InChI=1S/C12H21NO4S/c1-3-4-5-10(15)6-7-18-8-11(12(16)17)13-9(2)14/h11H,3-8H2,1-2H3,(H,13,14)(H,16,17)/t11-/m0/s1. The quantitative estimate of drug-likeness (QED) is 0.590. The average molecular weight is 275 g/mol. The van der Waals surface area contributed by atoms with Crippen LogP contribution in [0.2, 0.25) is 0 Å². The Morgan fingerprint density at radius 3 is 2.44 bits per heavy atom. The van der Waals surface area contributed by atoms with Crippen molar-refractivity contribution in [3.63, 3.8) is 0 Å². The van der Waals surface area contributed by atoms with E-state index in [1.54, 1.807) is 0 Å². The molecule has 0 aliphatic heterocycles. The molecule has 0 aromatic carbocycles. The molecular formula is C12H21NO4S. The first-order valence-electron chi connectivity index (χ1n) is 6.06. The van der Waals surface area contributed by atoms with E-state index in [1.165, 1.54) is 18.7 Å². The smallest absolute Gasteiger partial charge is 0.327 e. The van der Waals surface area contributed by atoms with Crippen LogP contribution in [-0.2, 0) is 14.4 Å². The Bertz CT molecular complexity index is 294. The number of carbonyl (C=O) groups excluding carboxylic acids is 2. The van der Waals surface area contributed by atoms with Gasteiger partial charge in [0, 0.05) is 31.3 Å². The number of Topliss-reactive ketones (excluding diaryl/α,β-unsaturated/α-hetero) is 1. The molecule has 0 bridgehead atoms. The van der Waals surface area contributed by atoms with Crippen molar-refractivity contribution in [3.05, 3.63) is 0 Å². The van der Waals surface area contributed by atoms with Gasteiger partial charge in [-0.15, -0.1) is 0 Å². The van der Waals surface area contributed by atoms with E-state index in [0.29, 0.717) is 18.6 Å². The molecule has 1 amide bonds. The van der Waals surface area contributed by atoms with Crippen LogP contribution in [0.25, 0.3) is 0 Å². The molecule has 104 valence electrons. The summed E-state index contributed by atoms with van der Waals surface area (Å²) in [5, 5.41) is 11.2. The van der Waals surface area contributed by atoms with Crippen LogP contribution < -0.4 is 5.32 Å². The monoisotopic (exact) mass is 275 g/mol. The fraction of sp³-hybridized carbons (Fsp3) is 0.750. The van der Waals surface area contributed by atoms with Crippen molar-refractivity contribution in [1.29, 1.82) is 0 Å². The highest BCUT2D eigenvalue weighted by Gasteiger charge is 2.17. The van der Waals surface area contributed by atoms with E-state index < -0.39 is 12.0 Å². The van der Waals surface area contributed by atoms with Crippen molar-refractivity contribution in [2.24, 2.45) is 0 Å². The van der Waals surface area contributed by atoms with E-state index >= 15 is 0 Å². The highest BCUT2D eigenvalue weighted by molar-refractivity contribution is 7.99. The lowest BCUT2D eigenvalue weighted by Crippen LogP contribution is -2.41. The minimum absolute atomic E-state index is 0.218. The summed E-state index contributed by atoms with van der Waals surface area (Å²) in [6, 6.07) is -0.877. The summed E-state index contributed by atoms with van der Waals surface area (Å²) in [5.41, 5.74) is 0. The Balaban J connectivity index is 3.76. The van der Waals surface area contributed by atoms with Gasteiger partial charge in [0.2, 0.25) is 5.91 Å². The first-order valence-corrected chi connectivity index (χ1v) is 7.22. The summed E-state index contributed by atoms with van der Waals surface area (Å²) in [6.45, 7) is 3.32. The van der Waals surface area contributed by atoms with Gasteiger partial charge in [-0.25, -0.2) is 4.79 Å². The molecule has 0 rings (SSSR count). The molecule has 18 heavy (non-hydrogen) atoms. The SMILES string of the molecule is CCCCC(=O)CCSC[C@H](NC(C)=O)C(=O)O. The van der Waals surface area contributed by atoms with Crippen molar-refractivity contribution >= 4 is 29.4 Å². The van der Waals surface area contributed by atoms with Gasteiger partial charge in [0.1, 0.15) is 11.8 Å². The zero-order chi connectivity index (χ0) is 14.0. The number of unbranched alkanes of at least 4 members (excludes halogenated alkanes) is 1. The second-order valence-corrected chi connectivity index (χ2v) is 5.21. The normalized spacial score (nSPS) is 11.9. The molecule has 6 heteroatoms. The van der Waals surface area contributed by atoms with Gasteiger partial charge < -0.3 is 10.4 Å². The maximum absolute atomic E-state index is 11.4. The van der Waals surface area contributed by atoms with Crippen LogP contribution in [0, 0.1) is 0 Å². The van der Waals surface area contributed by atoms with Gasteiger partial charge in [-0.3, -0.25) is 9.59 Å². The van der Waals surface area contributed by atoms with Gasteiger partial charge >= 0.3 is 5.97 Å². The Morgan fingerprint density at radius 2 is 1.94 bits per heavy atom. The van der Waals surface area contributed by atoms with Crippen molar-refractivity contribution in [1.82, 2.24) is 5.32 Å². The van der Waals surface area contributed by atoms with Gasteiger partial charge in [-0.1, -0.05) is 13.3 Å². The third kappa shape index (κ3) is 9.04. The molecule has 0 radical (unpaired) electrons. The molecule has 0 aliphatic carbocycles. The highest BCUT2D eigenvalue weighted by Crippen LogP contribution is 2.08. The lowest BCUT2D eigenvalue weighted by molar-refractivity contribution is -0.140. The molecule has 0 spiro atoms. The topological polar surface area (TPSA) is 83.5 Å². The maximum Gasteiger partial charge on any atom is 0.327 e. The first kappa shape index (κ1) is 17.0. The van der Waals surface area contributed by atoms with Crippen LogP contribution in [0.3, 0.4) is 0 Å².